The molecule has 0 aliphatic heterocycles. The van der Waals surface area contributed by atoms with Crippen molar-refractivity contribution in [1.29, 1.82) is 0 Å². The van der Waals surface area contributed by atoms with Crippen LogP contribution in [-0.2, 0) is 19.1 Å². The number of aromatic amines is 2. The third-order valence-electron chi connectivity index (χ3n) is 12.6. The van der Waals surface area contributed by atoms with Crippen LogP contribution in [0.1, 0.15) is 121 Å². The van der Waals surface area contributed by atoms with Gasteiger partial charge in [-0.05, 0) is 72.2 Å². The molecular formula is C50H68F2N8O6. The van der Waals surface area contributed by atoms with Crippen LogP contribution in [0.25, 0.3) is 44.3 Å². The lowest BCUT2D eigenvalue weighted by atomic mass is 9.76. The Morgan fingerprint density at radius 3 is 1.14 bits per heavy atom. The summed E-state index contributed by atoms with van der Waals surface area (Å²) in [6.07, 6.45) is -1.31. The van der Waals surface area contributed by atoms with E-state index in [0.29, 0.717) is 44.8 Å². The molecule has 5 rings (SSSR count). The highest BCUT2D eigenvalue weighted by atomic mass is 19.1. The fraction of sp³-hybridized carbons (Fsp3) is 0.520. The highest BCUT2D eigenvalue weighted by Gasteiger charge is 2.51. The Bertz CT molecular complexity index is 2480. The molecule has 358 valence electrons. The maximum atomic E-state index is 16.2. The Morgan fingerprint density at radius 2 is 0.864 bits per heavy atom. The first-order valence-electron chi connectivity index (χ1n) is 22.0. The van der Waals surface area contributed by atoms with Crippen LogP contribution >= 0.6 is 0 Å². The number of amides is 4. The van der Waals surface area contributed by atoms with E-state index in [2.05, 4.69) is 20.6 Å². The number of nitrogens with one attached hydrogen (secondary N) is 4. The first kappa shape index (κ1) is 50.9. The number of carbonyl (C=O) groups excluding carboxylic acids is 4. The Morgan fingerprint density at radius 1 is 0.545 bits per heavy atom. The third-order valence-corrected chi connectivity index (χ3v) is 12.6. The number of fused-ring (bicyclic) bond motifs is 2. The van der Waals surface area contributed by atoms with Crippen molar-refractivity contribution in [3.8, 4) is 22.3 Å². The van der Waals surface area contributed by atoms with Crippen molar-refractivity contribution in [3.05, 3.63) is 71.8 Å². The number of hydrogen-bond acceptors (Lipinski definition) is 8. The lowest BCUT2D eigenvalue weighted by Gasteiger charge is -2.42. The Kier molecular flexibility index (Phi) is 13.6. The lowest BCUT2D eigenvalue weighted by Crippen LogP contribution is -2.58. The monoisotopic (exact) mass is 915 g/mol. The summed E-state index contributed by atoms with van der Waals surface area (Å²) < 4.78 is 43.9. The maximum absolute atomic E-state index is 16.2. The highest BCUT2D eigenvalue weighted by molar-refractivity contribution is 5.90. The zero-order valence-electron chi connectivity index (χ0n) is 41.8. The minimum atomic E-state index is -1.55. The molecule has 0 fully saturated rings. The van der Waals surface area contributed by atoms with Crippen molar-refractivity contribution in [3.63, 3.8) is 0 Å². The third kappa shape index (κ3) is 10.2. The largest absolute Gasteiger partial charge is 0.432 e. The van der Waals surface area contributed by atoms with Crippen LogP contribution in [0.15, 0.2) is 48.5 Å². The van der Waals surface area contributed by atoms with Crippen LogP contribution in [0.3, 0.4) is 0 Å². The fourth-order valence-corrected chi connectivity index (χ4v) is 7.19. The number of hydrogen-bond donors (Lipinski definition) is 4. The molecule has 4 atom stereocenters. The van der Waals surface area contributed by atoms with Crippen LogP contribution < -0.4 is 10.6 Å². The van der Waals surface area contributed by atoms with Crippen LogP contribution in [0.2, 0.25) is 0 Å². The molecule has 5 aromatic rings. The second-order valence-electron chi connectivity index (χ2n) is 22.2. The van der Waals surface area contributed by atoms with E-state index in [-0.39, 0.29) is 11.1 Å². The zero-order valence-corrected chi connectivity index (χ0v) is 41.8. The van der Waals surface area contributed by atoms with Gasteiger partial charge >= 0.3 is 12.2 Å². The molecule has 0 bridgehead atoms. The normalized spacial score (nSPS) is 15.3. The Labute approximate surface area is 387 Å². The van der Waals surface area contributed by atoms with Crippen molar-refractivity contribution in [2.45, 2.75) is 120 Å². The molecule has 0 radical (unpaired) electrons. The number of aromatic nitrogens is 4. The summed E-state index contributed by atoms with van der Waals surface area (Å²) in [4.78, 5) is 72.3. The average molecular weight is 915 g/mol. The second kappa shape index (κ2) is 17.6. The van der Waals surface area contributed by atoms with E-state index in [9.17, 15) is 19.2 Å². The number of nitrogens with zero attached hydrogens (tertiary/aromatic N) is 4. The fourth-order valence-electron chi connectivity index (χ4n) is 7.19. The van der Waals surface area contributed by atoms with Gasteiger partial charge in [0.05, 0.1) is 34.2 Å². The maximum Gasteiger partial charge on any atom is 0.410 e. The lowest BCUT2D eigenvalue weighted by molar-refractivity contribution is -0.153. The summed E-state index contributed by atoms with van der Waals surface area (Å²) >= 11 is 0. The number of halogens is 2. The SMILES string of the molecule is CN(C)C(=O)OC(C)(C(=O)N[C@H](c1nc2cc(-c3cc(F)c(-c4ccc5[nH]c([C@@H](NC(=O)C(C)(OC(=O)N(C)C)C(C)(C)C)C(C)(C)C)nc5c4)cc3F)ccc2[nH]1)C(C)(C)C)C(C)(C)C. The van der Waals surface area contributed by atoms with Crippen molar-refractivity contribution in [1.82, 2.24) is 40.4 Å². The summed E-state index contributed by atoms with van der Waals surface area (Å²) in [6, 6.07) is 11.1. The molecular weight excluding hydrogens is 847 g/mol. The van der Waals surface area contributed by atoms with E-state index in [1.807, 2.05) is 83.1 Å². The summed E-state index contributed by atoms with van der Waals surface area (Å²) in [5, 5.41) is 6.17. The smallest absolute Gasteiger partial charge is 0.410 e. The van der Waals surface area contributed by atoms with Crippen molar-refractivity contribution in [2.24, 2.45) is 21.7 Å². The van der Waals surface area contributed by atoms with Crippen molar-refractivity contribution < 1.29 is 37.4 Å². The van der Waals surface area contributed by atoms with Crippen molar-refractivity contribution >= 4 is 46.1 Å². The molecule has 14 nitrogen and oxygen atoms in total. The first-order valence-corrected chi connectivity index (χ1v) is 22.0. The van der Waals surface area contributed by atoms with Gasteiger partial charge in [-0.15, -0.1) is 0 Å². The summed E-state index contributed by atoms with van der Waals surface area (Å²) in [5.41, 5.74) is -2.80. The van der Waals surface area contributed by atoms with Crippen LogP contribution in [-0.4, -0.2) is 93.1 Å². The minimum absolute atomic E-state index is 0.0254. The summed E-state index contributed by atoms with van der Waals surface area (Å²) in [6.45, 7) is 25.8. The molecule has 0 aliphatic rings. The average Bonchev–Trinajstić information content (AvgIpc) is 3.80. The van der Waals surface area contributed by atoms with E-state index < -0.39 is 80.6 Å². The molecule has 4 amide bonds. The quantitative estimate of drug-likeness (QED) is 0.107. The molecule has 0 aliphatic carbocycles. The molecule has 0 saturated heterocycles. The minimum Gasteiger partial charge on any atom is -0.432 e. The van der Waals surface area contributed by atoms with Gasteiger partial charge in [0.2, 0.25) is 0 Å². The first-order chi connectivity index (χ1) is 30.1. The van der Waals surface area contributed by atoms with E-state index in [1.165, 1.54) is 9.80 Å². The van der Waals surface area contributed by atoms with Gasteiger partial charge in [-0.3, -0.25) is 9.59 Å². The van der Waals surface area contributed by atoms with E-state index in [4.69, 9.17) is 19.4 Å². The van der Waals surface area contributed by atoms with Crippen molar-refractivity contribution in [2.75, 3.05) is 28.2 Å². The molecule has 2 heterocycles. The number of carbonyl (C=O) groups is 4. The van der Waals surface area contributed by atoms with Gasteiger partial charge in [-0.1, -0.05) is 95.2 Å². The molecule has 66 heavy (non-hydrogen) atoms. The number of benzene rings is 3. The van der Waals surface area contributed by atoms with E-state index >= 15 is 8.78 Å². The topological polar surface area (TPSA) is 175 Å². The van der Waals surface area contributed by atoms with Gasteiger partial charge in [0.1, 0.15) is 23.3 Å². The molecule has 0 spiro atoms. The molecule has 2 unspecified atom stereocenters. The number of imidazole rings is 2. The van der Waals surface area contributed by atoms with Crippen LogP contribution in [0, 0.1) is 33.3 Å². The molecule has 16 heteroatoms. The number of H-pyrrole nitrogens is 2. The van der Waals surface area contributed by atoms with Gasteiger partial charge < -0.3 is 39.9 Å². The predicted molar refractivity (Wildman–Crippen MR) is 253 cm³/mol. The number of rotatable bonds is 10. The van der Waals surface area contributed by atoms with Crippen LogP contribution in [0.5, 0.6) is 0 Å². The van der Waals surface area contributed by atoms with Crippen LogP contribution in [0.4, 0.5) is 18.4 Å². The standard InChI is InChI=1S/C50H68F2N8O6/c1-45(2,3)37(57-41(61)49(13,47(7,8)9)65-43(63)59(15)16)39-53-33-21-19-27(23-35(33)55-39)29-25-32(52)30(26-31(29)51)28-20-22-34-36(24-28)56-40(54-34)38(46(4,5)6)58-42(62)50(14,48(10,11)12)66-44(64)60(17)18/h19-26,37-38H,1-18H3,(H,53,55)(H,54,56)(H,57,61)(H,58,62)/t37-,38-,49?,50?/m1/s1. The summed E-state index contributed by atoms with van der Waals surface area (Å²) in [5.74, 6) is -1.46. The predicted octanol–water partition coefficient (Wildman–Crippen LogP) is 10.5. The number of ether oxygens (including phenoxy) is 2. The van der Waals surface area contributed by atoms with Gasteiger partial charge in [0, 0.05) is 50.1 Å². The molecule has 3 aromatic carbocycles. The van der Waals surface area contributed by atoms with Gasteiger partial charge in [0.15, 0.2) is 11.2 Å². The molecule has 2 aromatic heterocycles. The second-order valence-corrected chi connectivity index (χ2v) is 22.2. The van der Waals surface area contributed by atoms with E-state index in [0.717, 1.165) is 12.1 Å². The zero-order chi connectivity index (χ0) is 49.9. The van der Waals surface area contributed by atoms with Gasteiger partial charge in [-0.25, -0.2) is 28.3 Å². The molecule has 4 N–H and O–H groups in total. The summed E-state index contributed by atoms with van der Waals surface area (Å²) in [7, 11) is 6.18. The molecule has 0 saturated carbocycles. The van der Waals surface area contributed by atoms with Gasteiger partial charge in [-0.2, -0.15) is 0 Å². The van der Waals surface area contributed by atoms with Gasteiger partial charge in [0.25, 0.3) is 11.8 Å². The Balaban J connectivity index is 1.45. The highest BCUT2D eigenvalue weighted by Crippen LogP contribution is 2.41. The van der Waals surface area contributed by atoms with E-state index in [1.54, 1.807) is 78.4 Å². The Hall–Kier alpha value is -6.06.